The second-order valence-corrected chi connectivity index (χ2v) is 14.3. The smallest absolute Gasteiger partial charge is 0.356 e. The van der Waals surface area contributed by atoms with E-state index in [1.807, 2.05) is 77.4 Å². The minimum absolute atomic E-state index is 0.126. The normalized spacial score (nSPS) is 14.6. The number of aromatic nitrogens is 1. The summed E-state index contributed by atoms with van der Waals surface area (Å²) in [4.78, 5) is 24.7. The van der Waals surface area contributed by atoms with Crippen molar-refractivity contribution in [2.75, 3.05) is 24.8 Å². The molecule has 2 N–H and O–H groups in total. The number of anilines is 1. The number of nitrogens with one attached hydrogen (secondary N) is 1. The van der Waals surface area contributed by atoms with E-state index in [2.05, 4.69) is 19.2 Å². The van der Waals surface area contributed by atoms with Crippen LogP contribution in [0.1, 0.15) is 65.5 Å². The first-order valence-corrected chi connectivity index (χ1v) is 17.2. The van der Waals surface area contributed by atoms with Crippen molar-refractivity contribution in [3.63, 3.8) is 0 Å². The molecular weight excluding hydrogens is 603 g/mol. The molecule has 1 atom stereocenters. The first-order valence-electron chi connectivity index (χ1n) is 15.5. The SMILES string of the molecule is CC(C)(CCOCP(=O)(OCc1ccccc1)OCc1ccccc1)CNc1ccc(C(=O)c2ccc3n2CCC3C(=O)O)cc1. The molecule has 0 radical (unpaired) electrons. The molecule has 1 aliphatic rings. The van der Waals surface area contributed by atoms with Gasteiger partial charge in [0.25, 0.3) is 0 Å². The van der Waals surface area contributed by atoms with Crippen LogP contribution >= 0.6 is 7.60 Å². The van der Waals surface area contributed by atoms with E-state index < -0.39 is 19.5 Å². The van der Waals surface area contributed by atoms with Gasteiger partial charge in [-0.1, -0.05) is 74.5 Å². The van der Waals surface area contributed by atoms with Gasteiger partial charge in [0.2, 0.25) is 5.78 Å². The molecule has 0 amide bonds. The van der Waals surface area contributed by atoms with Crippen molar-refractivity contribution in [1.82, 2.24) is 4.57 Å². The van der Waals surface area contributed by atoms with Crippen LogP contribution < -0.4 is 5.32 Å². The lowest BCUT2D eigenvalue weighted by Crippen LogP contribution is -2.25. The Bertz CT molecular complexity index is 1610. The summed E-state index contributed by atoms with van der Waals surface area (Å²) in [6, 6.07) is 29.9. The molecule has 4 aromatic rings. The van der Waals surface area contributed by atoms with Crippen LogP contribution in [0, 0.1) is 5.41 Å². The zero-order chi connectivity index (χ0) is 32.6. The quantitative estimate of drug-likeness (QED) is 0.0682. The standard InChI is InChI=1S/C36H41N2O7P/c1-36(2,20-22-43-26-46(42,44-23-27-9-5-3-6-10-27)45-24-28-11-7-4-8-12-28)25-37-30-15-13-29(14-16-30)34(39)33-18-17-32-31(35(40)41)19-21-38(32)33/h3-18,31,37H,19-26H2,1-2H3,(H,40,41). The number of carboxylic acid groups (broad SMARTS) is 1. The molecule has 3 aromatic carbocycles. The summed E-state index contributed by atoms with van der Waals surface area (Å²) in [5.74, 6) is -1.55. The minimum Gasteiger partial charge on any atom is -0.481 e. The third kappa shape index (κ3) is 8.83. The maximum absolute atomic E-state index is 13.6. The van der Waals surface area contributed by atoms with Crippen LogP contribution in [0.15, 0.2) is 97.1 Å². The number of carbonyl (C=O) groups excluding carboxylic acids is 1. The van der Waals surface area contributed by atoms with Gasteiger partial charge in [-0.05, 0) is 65.8 Å². The number of aliphatic carboxylic acids is 1. The molecule has 9 nitrogen and oxygen atoms in total. The van der Waals surface area contributed by atoms with Crippen molar-refractivity contribution in [2.45, 2.75) is 52.4 Å². The fraction of sp³-hybridized carbons (Fsp3) is 0.333. The molecule has 0 fully saturated rings. The molecule has 242 valence electrons. The Morgan fingerprint density at radius 3 is 2.09 bits per heavy atom. The highest BCUT2D eigenvalue weighted by Gasteiger charge is 2.32. The number of hydrogen-bond donors (Lipinski definition) is 2. The van der Waals surface area contributed by atoms with Crippen LogP contribution in [0.25, 0.3) is 0 Å². The van der Waals surface area contributed by atoms with Gasteiger partial charge in [-0.2, -0.15) is 0 Å². The molecule has 46 heavy (non-hydrogen) atoms. The summed E-state index contributed by atoms with van der Waals surface area (Å²) in [6.45, 7) is 6.12. The molecule has 1 aromatic heterocycles. The van der Waals surface area contributed by atoms with E-state index in [0.717, 1.165) is 16.8 Å². The highest BCUT2D eigenvalue weighted by atomic mass is 31.2. The molecule has 0 bridgehead atoms. The Kier molecular flexibility index (Phi) is 10.9. The van der Waals surface area contributed by atoms with Gasteiger partial charge in [-0.25, -0.2) is 0 Å². The number of benzene rings is 3. The van der Waals surface area contributed by atoms with Crippen LogP contribution in [0.5, 0.6) is 0 Å². The maximum Gasteiger partial charge on any atom is 0.356 e. The summed E-state index contributed by atoms with van der Waals surface area (Å²) < 4.78 is 32.9. The third-order valence-corrected chi connectivity index (χ3v) is 9.72. The predicted molar refractivity (Wildman–Crippen MR) is 177 cm³/mol. The van der Waals surface area contributed by atoms with E-state index in [1.165, 1.54) is 0 Å². The first kappa shape index (κ1) is 33.4. The Balaban J connectivity index is 1.10. The third-order valence-electron chi connectivity index (χ3n) is 8.18. The van der Waals surface area contributed by atoms with E-state index in [0.29, 0.717) is 49.5 Å². The van der Waals surface area contributed by atoms with Gasteiger partial charge in [0, 0.05) is 36.6 Å². The molecule has 0 spiro atoms. The second kappa shape index (κ2) is 15.1. The van der Waals surface area contributed by atoms with E-state index in [-0.39, 0.29) is 30.8 Å². The van der Waals surface area contributed by atoms with Crippen LogP contribution in [0.2, 0.25) is 0 Å². The van der Waals surface area contributed by atoms with Gasteiger partial charge >= 0.3 is 13.6 Å². The lowest BCUT2D eigenvalue weighted by molar-refractivity contribution is -0.138. The van der Waals surface area contributed by atoms with E-state index in [9.17, 15) is 19.3 Å². The molecule has 0 aliphatic carbocycles. The second-order valence-electron chi connectivity index (χ2n) is 12.3. The molecule has 1 aliphatic heterocycles. The zero-order valence-corrected chi connectivity index (χ0v) is 27.2. The Morgan fingerprint density at radius 2 is 1.50 bits per heavy atom. The van der Waals surface area contributed by atoms with Gasteiger partial charge in [-0.15, -0.1) is 0 Å². The Labute approximate surface area is 270 Å². The molecule has 5 rings (SSSR count). The molecular formula is C36H41N2O7P. The first-order chi connectivity index (χ1) is 22.1. The van der Waals surface area contributed by atoms with Crippen molar-refractivity contribution >= 4 is 25.0 Å². The van der Waals surface area contributed by atoms with Crippen molar-refractivity contribution in [2.24, 2.45) is 5.41 Å². The summed E-state index contributed by atoms with van der Waals surface area (Å²) >= 11 is 0. The fourth-order valence-corrected chi connectivity index (χ4v) is 6.61. The summed E-state index contributed by atoms with van der Waals surface area (Å²) in [5.41, 5.74) is 4.28. The van der Waals surface area contributed by atoms with Crippen molar-refractivity contribution in [1.29, 1.82) is 0 Å². The Hall–Kier alpha value is -4.01. The number of ether oxygens (including phenoxy) is 1. The highest BCUT2D eigenvalue weighted by molar-refractivity contribution is 7.53. The number of ketones is 1. The molecule has 0 saturated heterocycles. The average Bonchev–Trinajstić information content (AvgIpc) is 3.68. The van der Waals surface area contributed by atoms with Crippen molar-refractivity contribution < 1.29 is 33.0 Å². The number of carbonyl (C=O) groups is 2. The van der Waals surface area contributed by atoms with Gasteiger partial charge in [0.15, 0.2) is 0 Å². The van der Waals surface area contributed by atoms with Crippen molar-refractivity contribution in [3.05, 3.63) is 125 Å². The number of carboxylic acids is 1. The summed E-state index contributed by atoms with van der Waals surface area (Å²) in [6.07, 6.45) is 1.05. The number of fused-ring (bicyclic) bond motifs is 1. The highest BCUT2D eigenvalue weighted by Crippen LogP contribution is 2.50. The van der Waals surface area contributed by atoms with Gasteiger partial charge in [0.1, 0.15) is 6.35 Å². The lowest BCUT2D eigenvalue weighted by Gasteiger charge is -2.26. The molecule has 10 heteroatoms. The average molecular weight is 645 g/mol. The number of rotatable bonds is 17. The van der Waals surface area contributed by atoms with E-state index in [4.69, 9.17) is 13.8 Å². The van der Waals surface area contributed by atoms with Crippen LogP contribution in [-0.4, -0.2) is 40.9 Å². The molecule has 1 unspecified atom stereocenters. The van der Waals surface area contributed by atoms with Gasteiger partial charge in [0.05, 0.1) is 24.8 Å². The lowest BCUT2D eigenvalue weighted by atomic mass is 9.89. The maximum atomic E-state index is 13.6. The minimum atomic E-state index is -3.53. The molecule has 0 saturated carbocycles. The van der Waals surface area contributed by atoms with Gasteiger partial charge in [-0.3, -0.25) is 14.2 Å². The monoisotopic (exact) mass is 644 g/mol. The topological polar surface area (TPSA) is 116 Å². The summed E-state index contributed by atoms with van der Waals surface area (Å²) in [7, 11) is -3.53. The van der Waals surface area contributed by atoms with E-state index >= 15 is 0 Å². The number of hydrogen-bond acceptors (Lipinski definition) is 7. The van der Waals surface area contributed by atoms with Crippen LogP contribution in [0.3, 0.4) is 0 Å². The van der Waals surface area contributed by atoms with E-state index in [1.54, 1.807) is 24.3 Å². The van der Waals surface area contributed by atoms with Crippen molar-refractivity contribution in [3.8, 4) is 0 Å². The Morgan fingerprint density at radius 1 is 0.891 bits per heavy atom. The predicted octanol–water partition coefficient (Wildman–Crippen LogP) is 7.72. The molecule has 2 heterocycles. The fourth-order valence-electron chi connectivity index (χ4n) is 5.34. The van der Waals surface area contributed by atoms with Crippen LogP contribution in [0.4, 0.5) is 5.69 Å². The largest absolute Gasteiger partial charge is 0.481 e. The number of nitrogens with zero attached hydrogens (tertiary/aromatic N) is 1. The zero-order valence-electron chi connectivity index (χ0n) is 26.3. The van der Waals surface area contributed by atoms with Gasteiger partial charge < -0.3 is 28.8 Å². The summed E-state index contributed by atoms with van der Waals surface area (Å²) in [5, 5.41) is 12.9. The van der Waals surface area contributed by atoms with Crippen LogP contribution in [-0.2, 0) is 42.9 Å².